The third kappa shape index (κ3) is 2.53. The number of nitrogens with one attached hydrogen (secondary N) is 1. The maximum atomic E-state index is 12.1. The zero-order chi connectivity index (χ0) is 14.2. The van der Waals surface area contributed by atoms with Crippen molar-refractivity contribution in [2.75, 3.05) is 5.75 Å². The van der Waals surface area contributed by atoms with Gasteiger partial charge in [-0.2, -0.15) is 0 Å². The van der Waals surface area contributed by atoms with Crippen molar-refractivity contribution in [1.29, 1.82) is 0 Å². The van der Waals surface area contributed by atoms with Gasteiger partial charge in [-0.25, -0.2) is 8.42 Å². The summed E-state index contributed by atoms with van der Waals surface area (Å²) in [5, 5.41) is 3.34. The van der Waals surface area contributed by atoms with Crippen LogP contribution in [0.15, 0.2) is 57.9 Å². The van der Waals surface area contributed by atoms with Gasteiger partial charge in [-0.05, 0) is 23.3 Å². The van der Waals surface area contributed by atoms with Crippen LogP contribution in [0.4, 0.5) is 0 Å². The first-order valence-corrected chi connectivity index (χ1v) is 8.81. The van der Waals surface area contributed by atoms with Crippen LogP contribution in [0, 0.1) is 0 Å². The smallest absolute Gasteiger partial charge is 0.180 e. The van der Waals surface area contributed by atoms with Gasteiger partial charge < -0.3 is 5.32 Å². The van der Waals surface area contributed by atoms with Gasteiger partial charge in [0.05, 0.1) is 10.6 Å². The second-order valence-electron chi connectivity index (χ2n) is 4.84. The summed E-state index contributed by atoms with van der Waals surface area (Å²) in [5.41, 5.74) is 1.99. The number of hydrogen-bond acceptors (Lipinski definition) is 3. The number of halogens is 1. The molecule has 0 amide bonds. The average molecular weight is 352 g/mol. The highest BCUT2D eigenvalue weighted by atomic mass is 79.9. The molecule has 104 valence electrons. The van der Waals surface area contributed by atoms with E-state index in [9.17, 15) is 8.42 Å². The van der Waals surface area contributed by atoms with Crippen LogP contribution < -0.4 is 5.32 Å². The Morgan fingerprint density at radius 2 is 1.80 bits per heavy atom. The Kier molecular flexibility index (Phi) is 3.67. The molecule has 0 spiro atoms. The lowest BCUT2D eigenvalue weighted by Gasteiger charge is -2.13. The van der Waals surface area contributed by atoms with Gasteiger partial charge in [0, 0.05) is 17.1 Å². The fourth-order valence-corrected chi connectivity index (χ4v) is 4.69. The van der Waals surface area contributed by atoms with Crippen LogP contribution in [0.3, 0.4) is 0 Å². The van der Waals surface area contributed by atoms with Crippen LogP contribution in [0.5, 0.6) is 0 Å². The Balaban J connectivity index is 1.82. The second kappa shape index (κ2) is 5.31. The molecule has 3 nitrogen and oxygen atoms in total. The van der Waals surface area contributed by atoms with E-state index in [0.29, 0.717) is 11.4 Å². The monoisotopic (exact) mass is 351 g/mol. The van der Waals surface area contributed by atoms with Crippen molar-refractivity contribution >= 4 is 25.8 Å². The molecule has 1 aliphatic heterocycles. The van der Waals surface area contributed by atoms with Gasteiger partial charge in [-0.15, -0.1) is 0 Å². The largest absolute Gasteiger partial charge is 0.305 e. The van der Waals surface area contributed by atoms with Gasteiger partial charge in [0.2, 0.25) is 0 Å². The summed E-state index contributed by atoms with van der Waals surface area (Å²) in [7, 11) is -3.14. The molecule has 5 heteroatoms. The van der Waals surface area contributed by atoms with Gasteiger partial charge in [0.1, 0.15) is 0 Å². The lowest BCUT2D eigenvalue weighted by atomic mass is 10.1. The van der Waals surface area contributed by atoms with Gasteiger partial charge >= 0.3 is 0 Å². The molecule has 0 aromatic heterocycles. The molecular weight excluding hydrogens is 338 g/mol. The van der Waals surface area contributed by atoms with Crippen molar-refractivity contribution in [2.24, 2.45) is 0 Å². The third-order valence-corrected chi connectivity index (χ3v) is 6.10. The zero-order valence-corrected chi connectivity index (χ0v) is 13.1. The molecule has 1 unspecified atom stereocenters. The predicted octanol–water partition coefficient (Wildman–Crippen LogP) is 3.07. The third-order valence-electron chi connectivity index (χ3n) is 3.51. The molecule has 0 bridgehead atoms. The van der Waals surface area contributed by atoms with Crippen molar-refractivity contribution in [3.8, 4) is 0 Å². The van der Waals surface area contributed by atoms with Crippen molar-refractivity contribution < 1.29 is 8.42 Å². The molecular formula is C15H14BrNO2S. The molecule has 0 radical (unpaired) electrons. The summed E-state index contributed by atoms with van der Waals surface area (Å²) in [6.45, 7) is 0.635. The number of sulfone groups is 1. The van der Waals surface area contributed by atoms with Crippen LogP contribution in [-0.2, 0) is 16.4 Å². The van der Waals surface area contributed by atoms with Crippen LogP contribution in [0.25, 0.3) is 0 Å². The van der Waals surface area contributed by atoms with Crippen molar-refractivity contribution in [1.82, 2.24) is 5.32 Å². The molecule has 0 saturated carbocycles. The molecule has 1 heterocycles. The van der Waals surface area contributed by atoms with E-state index in [4.69, 9.17) is 0 Å². The maximum absolute atomic E-state index is 12.1. The molecule has 2 aromatic carbocycles. The SMILES string of the molecule is O=S1(=O)CC(NCc2ccccc2Br)c2ccccc21. The fraction of sp³-hybridized carbons (Fsp3) is 0.200. The minimum Gasteiger partial charge on any atom is -0.305 e. The first-order chi connectivity index (χ1) is 9.58. The van der Waals surface area contributed by atoms with Gasteiger partial charge in [-0.1, -0.05) is 52.3 Å². The van der Waals surface area contributed by atoms with Crippen LogP contribution in [0.2, 0.25) is 0 Å². The Hall–Kier alpha value is -1.17. The Morgan fingerprint density at radius 1 is 1.10 bits per heavy atom. The Morgan fingerprint density at radius 3 is 2.60 bits per heavy atom. The summed E-state index contributed by atoms with van der Waals surface area (Å²) >= 11 is 3.50. The molecule has 3 rings (SSSR count). The van der Waals surface area contributed by atoms with Gasteiger partial charge in [0.15, 0.2) is 9.84 Å². The van der Waals surface area contributed by atoms with Crippen LogP contribution in [-0.4, -0.2) is 14.2 Å². The van der Waals surface area contributed by atoms with E-state index in [-0.39, 0.29) is 11.8 Å². The van der Waals surface area contributed by atoms with E-state index in [1.807, 2.05) is 36.4 Å². The summed E-state index contributed by atoms with van der Waals surface area (Å²) in [5.74, 6) is 0.136. The van der Waals surface area contributed by atoms with E-state index in [2.05, 4.69) is 21.2 Å². The number of rotatable bonds is 3. The highest BCUT2D eigenvalue weighted by Crippen LogP contribution is 2.33. The first-order valence-electron chi connectivity index (χ1n) is 6.36. The van der Waals surface area contributed by atoms with E-state index in [1.54, 1.807) is 12.1 Å². The maximum Gasteiger partial charge on any atom is 0.180 e. The Bertz CT molecular complexity index is 743. The first kappa shape index (κ1) is 13.8. The molecule has 1 atom stereocenters. The lowest BCUT2D eigenvalue weighted by molar-refractivity contribution is 0.566. The van der Waals surface area contributed by atoms with Crippen molar-refractivity contribution in [3.63, 3.8) is 0 Å². The summed E-state index contributed by atoms with van der Waals surface area (Å²) < 4.78 is 25.2. The van der Waals surface area contributed by atoms with Crippen molar-refractivity contribution in [2.45, 2.75) is 17.5 Å². The number of fused-ring (bicyclic) bond motifs is 1. The summed E-state index contributed by atoms with van der Waals surface area (Å²) in [6.07, 6.45) is 0. The van der Waals surface area contributed by atoms with Crippen LogP contribution >= 0.6 is 15.9 Å². The van der Waals surface area contributed by atoms with Crippen LogP contribution in [0.1, 0.15) is 17.2 Å². The molecule has 2 aromatic rings. The Labute approximate surface area is 127 Å². The quantitative estimate of drug-likeness (QED) is 0.924. The predicted molar refractivity (Wildman–Crippen MR) is 82.2 cm³/mol. The molecule has 1 aliphatic rings. The fourth-order valence-electron chi connectivity index (χ4n) is 2.49. The average Bonchev–Trinajstić information content (AvgIpc) is 2.70. The number of hydrogen-bond donors (Lipinski definition) is 1. The summed E-state index contributed by atoms with van der Waals surface area (Å²) in [4.78, 5) is 0.463. The van der Waals surface area contributed by atoms with Crippen molar-refractivity contribution in [3.05, 3.63) is 64.1 Å². The normalized spacial score (nSPS) is 19.8. The highest BCUT2D eigenvalue weighted by Gasteiger charge is 2.33. The topological polar surface area (TPSA) is 46.2 Å². The summed E-state index contributed by atoms with van der Waals surface area (Å²) in [6, 6.07) is 15.0. The standard InChI is InChI=1S/C15H14BrNO2S/c16-13-7-3-1-5-11(13)9-17-14-10-20(18,19)15-8-4-2-6-12(14)15/h1-8,14,17H,9-10H2. The van der Waals surface area contributed by atoms with E-state index < -0.39 is 9.84 Å². The molecule has 1 N–H and O–H groups in total. The molecule has 20 heavy (non-hydrogen) atoms. The second-order valence-corrected chi connectivity index (χ2v) is 7.70. The zero-order valence-electron chi connectivity index (χ0n) is 10.7. The van der Waals surface area contributed by atoms with E-state index in [1.165, 1.54) is 0 Å². The minimum atomic E-state index is -3.14. The van der Waals surface area contributed by atoms with Gasteiger partial charge in [0.25, 0.3) is 0 Å². The minimum absolute atomic E-state index is 0.136. The molecule has 0 aliphatic carbocycles. The molecule has 0 saturated heterocycles. The van der Waals surface area contributed by atoms with Gasteiger partial charge in [-0.3, -0.25) is 0 Å². The van der Waals surface area contributed by atoms with E-state index in [0.717, 1.165) is 15.6 Å². The number of benzene rings is 2. The lowest BCUT2D eigenvalue weighted by Crippen LogP contribution is -2.22. The highest BCUT2D eigenvalue weighted by molar-refractivity contribution is 9.10. The van der Waals surface area contributed by atoms with E-state index >= 15 is 0 Å². The molecule has 0 fully saturated rings.